The van der Waals surface area contributed by atoms with Gasteiger partial charge in [-0.15, -0.1) is 0 Å². The van der Waals surface area contributed by atoms with E-state index in [9.17, 15) is 10.1 Å². The minimum Gasteiger partial charge on any atom is -0.363 e. The molecule has 0 amide bonds. The van der Waals surface area contributed by atoms with Crippen molar-refractivity contribution in [3.8, 4) is 0 Å². The molecule has 0 saturated carbocycles. The minimum absolute atomic E-state index is 0.161. The summed E-state index contributed by atoms with van der Waals surface area (Å²) in [6.45, 7) is 0.331. The lowest BCUT2D eigenvalue weighted by Crippen LogP contribution is -2.12. The van der Waals surface area contributed by atoms with Gasteiger partial charge in [-0.25, -0.2) is 9.97 Å². The minimum atomic E-state index is -0.523. The molecule has 0 aliphatic rings. The van der Waals surface area contributed by atoms with Crippen molar-refractivity contribution in [2.45, 2.75) is 6.54 Å². The van der Waals surface area contributed by atoms with Crippen LogP contribution in [0.25, 0.3) is 0 Å². The number of halogens is 1. The molecular formula is C13H14ClN5O2. The molecule has 0 aromatic carbocycles. The van der Waals surface area contributed by atoms with Crippen LogP contribution in [-0.2, 0) is 6.54 Å². The molecule has 7 nitrogen and oxygen atoms in total. The Morgan fingerprint density at radius 2 is 2.19 bits per heavy atom. The van der Waals surface area contributed by atoms with Crippen molar-refractivity contribution in [1.82, 2.24) is 9.97 Å². The zero-order valence-corrected chi connectivity index (χ0v) is 12.3. The van der Waals surface area contributed by atoms with Gasteiger partial charge in [0.1, 0.15) is 5.82 Å². The summed E-state index contributed by atoms with van der Waals surface area (Å²) in [5.74, 6) is 0.981. The van der Waals surface area contributed by atoms with Gasteiger partial charge in [0.2, 0.25) is 5.82 Å². The Balaban J connectivity index is 2.17. The lowest BCUT2D eigenvalue weighted by Gasteiger charge is -2.12. The number of anilines is 2. The number of rotatable bonds is 5. The fourth-order valence-corrected chi connectivity index (χ4v) is 1.84. The summed E-state index contributed by atoms with van der Waals surface area (Å²) in [4.78, 5) is 20.7. The van der Waals surface area contributed by atoms with E-state index in [0.29, 0.717) is 6.54 Å². The number of pyridine rings is 2. The highest BCUT2D eigenvalue weighted by atomic mass is 35.5. The number of nitro groups is 1. The maximum absolute atomic E-state index is 11.0. The molecule has 2 rings (SSSR count). The predicted molar refractivity (Wildman–Crippen MR) is 81.8 cm³/mol. The Labute approximate surface area is 126 Å². The molecule has 0 spiro atoms. The molecule has 2 aromatic heterocycles. The molecule has 0 atom stereocenters. The molecule has 0 aliphatic carbocycles. The van der Waals surface area contributed by atoms with E-state index in [2.05, 4.69) is 15.3 Å². The summed E-state index contributed by atoms with van der Waals surface area (Å²) in [5, 5.41) is 14.1. The molecule has 0 bridgehead atoms. The molecule has 1 N–H and O–H groups in total. The van der Waals surface area contributed by atoms with Crippen LogP contribution in [0.4, 0.5) is 17.3 Å². The van der Waals surface area contributed by atoms with Gasteiger partial charge in [0.25, 0.3) is 0 Å². The summed E-state index contributed by atoms with van der Waals surface area (Å²) in [6, 6.07) is 6.86. The van der Waals surface area contributed by atoms with E-state index in [-0.39, 0.29) is 16.5 Å². The van der Waals surface area contributed by atoms with Crippen molar-refractivity contribution >= 4 is 28.9 Å². The van der Waals surface area contributed by atoms with Crippen molar-refractivity contribution in [1.29, 1.82) is 0 Å². The van der Waals surface area contributed by atoms with E-state index in [0.717, 1.165) is 11.5 Å². The fraction of sp³-hybridized carbons (Fsp3) is 0.231. The molecule has 0 unspecified atom stereocenters. The van der Waals surface area contributed by atoms with Crippen molar-refractivity contribution in [2.24, 2.45) is 0 Å². The SMILES string of the molecule is CN(C)c1cccc(CNc2ncc(Cl)cc2[N+](=O)[O-])n1. The molecular weight excluding hydrogens is 294 g/mol. The van der Waals surface area contributed by atoms with E-state index in [1.54, 1.807) is 0 Å². The Morgan fingerprint density at radius 1 is 1.43 bits per heavy atom. The maximum Gasteiger partial charge on any atom is 0.312 e. The first kappa shape index (κ1) is 15.0. The first-order chi connectivity index (χ1) is 9.97. The Hall–Kier alpha value is -2.41. The molecule has 0 saturated heterocycles. The van der Waals surface area contributed by atoms with Gasteiger partial charge < -0.3 is 10.2 Å². The average molecular weight is 308 g/mol. The highest BCUT2D eigenvalue weighted by Gasteiger charge is 2.15. The van der Waals surface area contributed by atoms with Crippen LogP contribution in [0.15, 0.2) is 30.5 Å². The molecule has 0 aliphatic heterocycles. The highest BCUT2D eigenvalue weighted by Crippen LogP contribution is 2.25. The number of hydrogen-bond donors (Lipinski definition) is 1. The lowest BCUT2D eigenvalue weighted by atomic mass is 10.3. The Morgan fingerprint density at radius 3 is 2.86 bits per heavy atom. The van der Waals surface area contributed by atoms with E-state index in [1.165, 1.54) is 12.3 Å². The summed E-state index contributed by atoms with van der Waals surface area (Å²) in [6.07, 6.45) is 1.36. The Kier molecular flexibility index (Phi) is 4.54. The maximum atomic E-state index is 11.0. The van der Waals surface area contributed by atoms with Crippen LogP contribution >= 0.6 is 11.6 Å². The van der Waals surface area contributed by atoms with Crippen molar-refractivity contribution < 1.29 is 4.92 Å². The van der Waals surface area contributed by atoms with E-state index < -0.39 is 4.92 Å². The molecule has 0 fully saturated rings. The third-order valence-corrected chi connectivity index (χ3v) is 2.92. The van der Waals surface area contributed by atoms with Crippen LogP contribution in [0, 0.1) is 10.1 Å². The normalized spacial score (nSPS) is 10.2. The summed E-state index contributed by atoms with van der Waals surface area (Å²) >= 11 is 5.72. The first-order valence-electron chi connectivity index (χ1n) is 6.14. The molecule has 0 radical (unpaired) electrons. The second kappa shape index (κ2) is 6.36. The summed E-state index contributed by atoms with van der Waals surface area (Å²) < 4.78 is 0. The first-order valence-corrected chi connectivity index (χ1v) is 6.52. The smallest absolute Gasteiger partial charge is 0.312 e. The molecule has 21 heavy (non-hydrogen) atoms. The molecule has 2 aromatic rings. The zero-order valence-electron chi connectivity index (χ0n) is 11.6. The standard InChI is InChI=1S/C13H14ClN5O2/c1-18(2)12-5-3-4-10(17-12)8-16-13-11(19(20)21)6-9(14)7-15-13/h3-7H,8H2,1-2H3,(H,15,16). The van der Waals surface area contributed by atoms with Gasteiger partial charge in [0, 0.05) is 26.4 Å². The third-order valence-electron chi connectivity index (χ3n) is 2.72. The number of nitrogens with zero attached hydrogens (tertiary/aromatic N) is 4. The molecule has 8 heteroatoms. The summed E-state index contributed by atoms with van der Waals surface area (Å²) in [7, 11) is 3.79. The molecule has 110 valence electrons. The second-order valence-electron chi connectivity index (χ2n) is 4.51. The number of hydrogen-bond acceptors (Lipinski definition) is 6. The zero-order chi connectivity index (χ0) is 15.4. The summed E-state index contributed by atoms with van der Waals surface area (Å²) in [5.41, 5.74) is 0.596. The fourth-order valence-electron chi connectivity index (χ4n) is 1.69. The molecule has 2 heterocycles. The van der Waals surface area contributed by atoms with Gasteiger partial charge in [-0.2, -0.15) is 0 Å². The van der Waals surface area contributed by atoms with Crippen molar-refractivity contribution in [3.05, 3.63) is 51.3 Å². The monoisotopic (exact) mass is 307 g/mol. The number of aromatic nitrogens is 2. The average Bonchev–Trinajstić information content (AvgIpc) is 2.46. The van der Waals surface area contributed by atoms with Crippen LogP contribution in [-0.4, -0.2) is 29.0 Å². The van der Waals surface area contributed by atoms with Crippen LogP contribution in [0.2, 0.25) is 5.02 Å². The van der Waals surface area contributed by atoms with Gasteiger partial charge >= 0.3 is 5.69 Å². The van der Waals surface area contributed by atoms with Crippen LogP contribution in [0.3, 0.4) is 0 Å². The number of nitrogens with one attached hydrogen (secondary N) is 1. The van der Waals surface area contributed by atoms with E-state index >= 15 is 0 Å². The van der Waals surface area contributed by atoms with Gasteiger partial charge in [0.05, 0.1) is 22.2 Å². The van der Waals surface area contributed by atoms with E-state index in [4.69, 9.17) is 11.6 Å². The van der Waals surface area contributed by atoms with Crippen LogP contribution in [0.5, 0.6) is 0 Å². The Bertz CT molecular complexity index is 663. The topological polar surface area (TPSA) is 84.2 Å². The van der Waals surface area contributed by atoms with Crippen molar-refractivity contribution in [3.63, 3.8) is 0 Å². The van der Waals surface area contributed by atoms with Gasteiger partial charge in [-0.1, -0.05) is 17.7 Å². The third kappa shape index (κ3) is 3.79. The van der Waals surface area contributed by atoms with Gasteiger partial charge in [-0.3, -0.25) is 10.1 Å². The quantitative estimate of drug-likeness (QED) is 0.675. The highest BCUT2D eigenvalue weighted by molar-refractivity contribution is 6.30. The second-order valence-corrected chi connectivity index (χ2v) is 4.95. The van der Waals surface area contributed by atoms with Gasteiger partial charge in [-0.05, 0) is 12.1 Å². The predicted octanol–water partition coefficient (Wildman–Crippen LogP) is 2.72. The van der Waals surface area contributed by atoms with E-state index in [1.807, 2.05) is 37.2 Å². The van der Waals surface area contributed by atoms with Gasteiger partial charge in [0.15, 0.2) is 0 Å². The largest absolute Gasteiger partial charge is 0.363 e. The van der Waals surface area contributed by atoms with Crippen LogP contribution in [0.1, 0.15) is 5.69 Å². The van der Waals surface area contributed by atoms with Crippen molar-refractivity contribution in [2.75, 3.05) is 24.3 Å². The van der Waals surface area contributed by atoms with Crippen LogP contribution < -0.4 is 10.2 Å². The lowest BCUT2D eigenvalue weighted by molar-refractivity contribution is -0.384.